The molecule has 0 bridgehead atoms. The zero-order valence-corrected chi connectivity index (χ0v) is 18.9. The number of carbonyl (C=O) groups excluding carboxylic acids is 1. The maximum atomic E-state index is 11.7. The number of hydrogen-bond donors (Lipinski definition) is 2. The third-order valence-electron chi connectivity index (χ3n) is 7.94. The van der Waals surface area contributed by atoms with E-state index in [0.29, 0.717) is 18.2 Å². The molecule has 11 heteroatoms. The van der Waals surface area contributed by atoms with Crippen molar-refractivity contribution < 1.29 is 19.7 Å². The van der Waals surface area contributed by atoms with Crippen molar-refractivity contribution in [2.45, 2.75) is 50.5 Å². The maximum absolute atomic E-state index is 11.7. The summed E-state index contributed by atoms with van der Waals surface area (Å²) in [5, 5.41) is 33.3. The fourth-order valence-corrected chi connectivity index (χ4v) is 5.85. The first-order valence-electron chi connectivity index (χ1n) is 12.0. The molecule has 5 heterocycles. The number of carbonyl (C=O) groups is 1. The quantitative estimate of drug-likeness (QED) is 0.576. The maximum Gasteiger partial charge on any atom is 0.333 e. The van der Waals surface area contributed by atoms with Crippen LogP contribution in [0.25, 0.3) is 5.69 Å². The van der Waals surface area contributed by atoms with Crippen molar-refractivity contribution in [3.8, 4) is 5.69 Å². The second-order valence-electron chi connectivity index (χ2n) is 10.0. The minimum atomic E-state index is -0.701. The van der Waals surface area contributed by atoms with Crippen molar-refractivity contribution in [1.82, 2.24) is 35.0 Å². The van der Waals surface area contributed by atoms with Gasteiger partial charge in [0, 0.05) is 24.1 Å². The Hall–Kier alpha value is -2.89. The number of nitrogens with zero attached hydrogens (tertiary/aromatic N) is 7. The molecule has 2 saturated heterocycles. The van der Waals surface area contributed by atoms with Crippen LogP contribution in [-0.4, -0.2) is 89.7 Å². The van der Waals surface area contributed by atoms with Crippen LogP contribution in [0.4, 0.5) is 0 Å². The zero-order valence-electron chi connectivity index (χ0n) is 18.9. The molecule has 2 unspecified atom stereocenters. The van der Waals surface area contributed by atoms with Gasteiger partial charge in [-0.2, -0.15) is 4.68 Å². The monoisotopic (exact) mass is 467 g/mol. The summed E-state index contributed by atoms with van der Waals surface area (Å²) < 4.78 is 6.66. The summed E-state index contributed by atoms with van der Waals surface area (Å²) in [6.45, 7) is 2.35. The summed E-state index contributed by atoms with van der Waals surface area (Å²) in [6, 6.07) is 3.90. The highest BCUT2D eigenvalue weighted by Gasteiger charge is 2.56. The summed E-state index contributed by atoms with van der Waals surface area (Å²) in [5.41, 5.74) is 1.97. The largest absolute Gasteiger partial charge is 0.456 e. The topological polar surface area (TPSA) is 130 Å². The van der Waals surface area contributed by atoms with E-state index in [4.69, 9.17) is 4.74 Å². The van der Waals surface area contributed by atoms with E-state index >= 15 is 0 Å². The first-order valence-corrected chi connectivity index (χ1v) is 12.0. The van der Waals surface area contributed by atoms with Crippen LogP contribution in [0, 0.1) is 11.3 Å². The summed E-state index contributed by atoms with van der Waals surface area (Å²) in [6.07, 6.45) is 8.40. The van der Waals surface area contributed by atoms with Crippen molar-refractivity contribution in [3.63, 3.8) is 0 Å². The van der Waals surface area contributed by atoms with Gasteiger partial charge < -0.3 is 24.7 Å². The Morgan fingerprint density at radius 1 is 1.24 bits per heavy atom. The average molecular weight is 468 g/mol. The Morgan fingerprint density at radius 3 is 2.68 bits per heavy atom. The standard InChI is InChI=1S/C23H29N7O4/c31-20(18-4-3-16(11-24-18)29-14-25-26-27-29)12-28-7-5-23(6-8-28)10-19(15-1-2-15)30(22(23)33)17-9-21(32)34-13-17/h3-4,9,11,14-15,19-20,22,31,33H,1-2,5-8,10,12-13H2/t19?,20-,22?/m0/s1. The summed E-state index contributed by atoms with van der Waals surface area (Å²) >= 11 is 0. The predicted octanol–water partition coefficient (Wildman–Crippen LogP) is 0.416. The Morgan fingerprint density at radius 2 is 2.06 bits per heavy atom. The molecular weight excluding hydrogens is 438 g/mol. The van der Waals surface area contributed by atoms with Gasteiger partial charge in [-0.3, -0.25) is 4.98 Å². The molecule has 3 fully saturated rings. The van der Waals surface area contributed by atoms with E-state index in [1.165, 1.54) is 23.9 Å². The first-order chi connectivity index (χ1) is 16.5. The molecule has 4 aliphatic rings. The third kappa shape index (κ3) is 3.87. The van der Waals surface area contributed by atoms with E-state index in [1.807, 2.05) is 6.07 Å². The number of tetrazole rings is 1. The highest BCUT2D eigenvalue weighted by molar-refractivity contribution is 5.85. The number of rotatable bonds is 6. The summed E-state index contributed by atoms with van der Waals surface area (Å²) in [4.78, 5) is 20.4. The second-order valence-corrected chi connectivity index (χ2v) is 10.0. The van der Waals surface area contributed by atoms with E-state index in [9.17, 15) is 15.0 Å². The molecule has 0 amide bonds. The van der Waals surface area contributed by atoms with Gasteiger partial charge in [-0.25, -0.2) is 4.79 Å². The third-order valence-corrected chi connectivity index (χ3v) is 7.94. The number of pyridine rings is 1. The number of cyclic esters (lactones) is 1. The van der Waals surface area contributed by atoms with Crippen molar-refractivity contribution in [2.24, 2.45) is 11.3 Å². The first kappa shape index (κ1) is 21.6. The molecule has 2 aromatic rings. The second kappa shape index (κ2) is 8.40. The molecule has 2 N–H and O–H groups in total. The van der Waals surface area contributed by atoms with Crippen LogP contribution in [0.1, 0.15) is 43.9 Å². The molecular formula is C23H29N7O4. The summed E-state index contributed by atoms with van der Waals surface area (Å²) in [5.74, 6) is 0.272. The van der Waals surface area contributed by atoms with Crippen molar-refractivity contribution in [2.75, 3.05) is 26.2 Å². The van der Waals surface area contributed by atoms with Crippen molar-refractivity contribution in [1.29, 1.82) is 0 Å². The van der Waals surface area contributed by atoms with Gasteiger partial charge in [-0.05, 0) is 73.7 Å². The molecule has 1 saturated carbocycles. The lowest BCUT2D eigenvalue weighted by atomic mass is 9.75. The fourth-order valence-electron chi connectivity index (χ4n) is 5.85. The number of likely N-dealkylation sites (tertiary alicyclic amines) is 2. The van der Waals surface area contributed by atoms with Gasteiger partial charge >= 0.3 is 5.97 Å². The van der Waals surface area contributed by atoms with Gasteiger partial charge in [-0.15, -0.1) is 5.10 Å². The average Bonchev–Trinajstić information content (AvgIpc) is 3.24. The van der Waals surface area contributed by atoms with Crippen LogP contribution in [-0.2, 0) is 9.53 Å². The minimum absolute atomic E-state index is 0.188. The normalized spacial score (nSPS) is 27.8. The lowest BCUT2D eigenvalue weighted by Crippen LogP contribution is -2.48. The molecule has 34 heavy (non-hydrogen) atoms. The van der Waals surface area contributed by atoms with Gasteiger partial charge in [0.25, 0.3) is 0 Å². The van der Waals surface area contributed by atoms with Crippen molar-refractivity contribution >= 4 is 5.97 Å². The van der Waals surface area contributed by atoms with Crippen LogP contribution < -0.4 is 0 Å². The number of β-amino-alcohol motifs (C(OH)–C–C–N with tert-alkyl or cyclic N) is 1. The number of aromatic nitrogens is 5. The van der Waals surface area contributed by atoms with Gasteiger partial charge in [0.2, 0.25) is 0 Å². The number of hydrogen-bond acceptors (Lipinski definition) is 10. The fraction of sp³-hybridized carbons (Fsp3) is 0.609. The molecule has 0 aromatic carbocycles. The lowest BCUT2D eigenvalue weighted by molar-refractivity contribution is -0.135. The Kier molecular flexibility index (Phi) is 5.34. The molecule has 11 nitrogen and oxygen atoms in total. The van der Waals surface area contributed by atoms with E-state index in [0.717, 1.165) is 43.7 Å². The molecule has 0 radical (unpaired) electrons. The SMILES string of the molecule is O=C1C=C(N2C(C3CC3)CC3(CCN(C[C@H](O)c4ccc(-n5cnnn5)cn4)CC3)C2O)CO1. The Bertz CT molecular complexity index is 1060. The van der Waals surface area contributed by atoms with Crippen LogP contribution in [0.3, 0.4) is 0 Å². The molecule has 1 aliphatic carbocycles. The molecule has 2 aromatic heterocycles. The number of esters is 1. The van der Waals surface area contributed by atoms with Crippen LogP contribution in [0.5, 0.6) is 0 Å². The Balaban J connectivity index is 1.09. The lowest BCUT2D eigenvalue weighted by Gasteiger charge is -2.42. The van der Waals surface area contributed by atoms with E-state index in [1.54, 1.807) is 18.3 Å². The number of ether oxygens (including phenoxy) is 1. The van der Waals surface area contributed by atoms with Crippen LogP contribution in [0.15, 0.2) is 36.4 Å². The van der Waals surface area contributed by atoms with Crippen molar-refractivity contribution in [3.05, 3.63) is 42.1 Å². The molecule has 6 rings (SSSR count). The van der Waals surface area contributed by atoms with Gasteiger partial charge in [0.05, 0.1) is 23.3 Å². The van der Waals surface area contributed by atoms with Crippen LogP contribution in [0.2, 0.25) is 0 Å². The minimum Gasteiger partial charge on any atom is -0.456 e. The molecule has 3 aliphatic heterocycles. The van der Waals surface area contributed by atoms with Gasteiger partial charge in [0.15, 0.2) is 0 Å². The smallest absolute Gasteiger partial charge is 0.333 e. The summed E-state index contributed by atoms with van der Waals surface area (Å²) in [7, 11) is 0. The van der Waals surface area contributed by atoms with Crippen LogP contribution >= 0.6 is 0 Å². The number of aliphatic hydroxyl groups excluding tert-OH is 2. The zero-order chi connectivity index (χ0) is 23.3. The molecule has 180 valence electrons. The van der Waals surface area contributed by atoms with Gasteiger partial charge in [0.1, 0.15) is 25.3 Å². The van der Waals surface area contributed by atoms with E-state index < -0.39 is 12.3 Å². The Labute approximate surface area is 197 Å². The number of aliphatic hydroxyl groups is 2. The molecule has 1 spiro atoms. The predicted molar refractivity (Wildman–Crippen MR) is 118 cm³/mol. The van der Waals surface area contributed by atoms with E-state index in [-0.39, 0.29) is 24.0 Å². The number of piperidine rings is 1. The highest BCUT2D eigenvalue weighted by atomic mass is 16.5. The van der Waals surface area contributed by atoms with E-state index in [2.05, 4.69) is 30.3 Å². The van der Waals surface area contributed by atoms with Gasteiger partial charge in [-0.1, -0.05) is 0 Å². The highest BCUT2D eigenvalue weighted by Crippen LogP contribution is 2.54. The molecule has 3 atom stereocenters.